The molecule has 13 heteroatoms. The number of benzene rings is 1. The van der Waals surface area contributed by atoms with Crippen LogP contribution in [0.4, 0.5) is 13.2 Å². The van der Waals surface area contributed by atoms with Gasteiger partial charge in [-0.1, -0.05) is 11.6 Å². The zero-order chi connectivity index (χ0) is 20.5. The second-order valence-corrected chi connectivity index (χ2v) is 6.45. The number of alkyl halides is 3. The van der Waals surface area contributed by atoms with Crippen LogP contribution in [0.25, 0.3) is 5.69 Å². The normalized spacial score (nSPS) is 12.7. The van der Waals surface area contributed by atoms with Gasteiger partial charge in [0, 0.05) is 13.1 Å². The predicted molar refractivity (Wildman–Crippen MR) is 89.9 cm³/mol. The third kappa shape index (κ3) is 4.28. The second kappa shape index (κ2) is 7.66. The molecule has 1 amide bonds. The molecule has 1 unspecified atom stereocenters. The minimum atomic E-state index is -4.90. The quantitative estimate of drug-likeness (QED) is 0.792. The van der Waals surface area contributed by atoms with Crippen molar-refractivity contribution in [3.05, 3.63) is 61.4 Å². The smallest absolute Gasteiger partial charge is 0.292 e. The maximum absolute atomic E-state index is 12.9. The first-order chi connectivity index (χ1) is 12.5. The average molecular weight is 426 g/mol. The van der Waals surface area contributed by atoms with Gasteiger partial charge < -0.3 is 0 Å². The van der Waals surface area contributed by atoms with Crippen LogP contribution in [0, 0.1) is 0 Å². The summed E-state index contributed by atoms with van der Waals surface area (Å²) in [6, 6.07) is 3.59. The summed E-state index contributed by atoms with van der Waals surface area (Å²) in [5, 5.41) is -0.110. The minimum Gasteiger partial charge on any atom is -0.292 e. The van der Waals surface area contributed by atoms with E-state index >= 15 is 0 Å². The summed E-state index contributed by atoms with van der Waals surface area (Å²) in [6.07, 6.45) is -4.90. The standard InChI is InChI=1S/C14H11ClF3N3O5S/c1-20-10(14(16,17)18)6-11(22)21(13(20)24)7-3-4-9(15)8(5-7)12(23)19-27(25)26-2/h3-6H,1-2H3,(H,19,23). The number of hydrogen-bond acceptors (Lipinski definition) is 5. The molecule has 0 spiro atoms. The fourth-order valence-electron chi connectivity index (χ4n) is 2.13. The SMILES string of the molecule is COS(=O)NC(=O)c1cc(-n2c(=O)cc(C(F)(F)F)n(C)c2=O)ccc1Cl. The minimum absolute atomic E-state index is 0.110. The number of nitrogens with one attached hydrogen (secondary N) is 1. The fraction of sp³-hybridized carbons (Fsp3) is 0.214. The van der Waals surface area contributed by atoms with Crippen molar-refractivity contribution in [1.29, 1.82) is 0 Å². The van der Waals surface area contributed by atoms with Crippen molar-refractivity contribution in [3.8, 4) is 5.69 Å². The number of halogens is 4. The van der Waals surface area contributed by atoms with Gasteiger partial charge in [-0.05, 0) is 18.2 Å². The van der Waals surface area contributed by atoms with E-state index in [9.17, 15) is 31.8 Å². The molecule has 1 aromatic heterocycles. The van der Waals surface area contributed by atoms with Crippen LogP contribution in [0.1, 0.15) is 16.1 Å². The highest BCUT2D eigenvalue weighted by atomic mass is 35.5. The first kappa shape index (κ1) is 20.9. The van der Waals surface area contributed by atoms with Gasteiger partial charge in [0.05, 0.1) is 23.4 Å². The van der Waals surface area contributed by atoms with Crippen molar-refractivity contribution in [2.45, 2.75) is 6.18 Å². The highest BCUT2D eigenvalue weighted by Crippen LogP contribution is 2.27. The van der Waals surface area contributed by atoms with Gasteiger partial charge in [0.25, 0.3) is 22.7 Å². The number of amides is 1. The maximum atomic E-state index is 12.9. The third-order valence-electron chi connectivity index (χ3n) is 3.39. The zero-order valence-corrected chi connectivity index (χ0v) is 15.2. The van der Waals surface area contributed by atoms with Gasteiger partial charge >= 0.3 is 11.9 Å². The van der Waals surface area contributed by atoms with Crippen LogP contribution in [0.3, 0.4) is 0 Å². The van der Waals surface area contributed by atoms with E-state index in [2.05, 4.69) is 4.18 Å². The third-order valence-corrected chi connectivity index (χ3v) is 4.38. The Morgan fingerprint density at radius 3 is 2.44 bits per heavy atom. The van der Waals surface area contributed by atoms with Crippen molar-refractivity contribution in [2.75, 3.05) is 7.11 Å². The van der Waals surface area contributed by atoms with Crippen LogP contribution in [0.5, 0.6) is 0 Å². The van der Waals surface area contributed by atoms with Gasteiger partial charge in [-0.2, -0.15) is 13.2 Å². The van der Waals surface area contributed by atoms with Gasteiger partial charge in [-0.15, -0.1) is 0 Å². The summed E-state index contributed by atoms with van der Waals surface area (Å²) < 4.78 is 57.0. The first-order valence-electron chi connectivity index (χ1n) is 6.94. The molecule has 1 heterocycles. The Morgan fingerprint density at radius 1 is 1.26 bits per heavy atom. The number of carbonyl (C=O) groups excluding carboxylic acids is 1. The fourth-order valence-corrected chi connectivity index (χ4v) is 2.68. The summed E-state index contributed by atoms with van der Waals surface area (Å²) in [5.41, 5.74) is -4.42. The Morgan fingerprint density at radius 2 is 1.89 bits per heavy atom. The molecule has 0 saturated heterocycles. The lowest BCUT2D eigenvalue weighted by molar-refractivity contribution is -0.144. The Balaban J connectivity index is 2.64. The van der Waals surface area contributed by atoms with E-state index < -0.39 is 40.3 Å². The number of nitrogens with zero attached hydrogens (tertiary/aromatic N) is 2. The summed E-state index contributed by atoms with van der Waals surface area (Å²) in [5.74, 6) is -0.946. The van der Waals surface area contributed by atoms with Gasteiger partial charge in [0.15, 0.2) is 0 Å². The Bertz CT molecular complexity index is 1050. The predicted octanol–water partition coefficient (Wildman–Crippen LogP) is 1.16. The van der Waals surface area contributed by atoms with E-state index in [-0.39, 0.29) is 26.9 Å². The molecular weight excluding hydrogens is 415 g/mol. The first-order valence-corrected chi connectivity index (χ1v) is 8.40. The van der Waals surface area contributed by atoms with E-state index in [4.69, 9.17) is 11.6 Å². The van der Waals surface area contributed by atoms with Crippen molar-refractivity contribution in [3.63, 3.8) is 0 Å². The van der Waals surface area contributed by atoms with Crippen LogP contribution in [-0.2, 0) is 28.7 Å². The molecule has 2 rings (SSSR count). The number of carbonyl (C=O) groups is 1. The van der Waals surface area contributed by atoms with Crippen molar-refractivity contribution >= 4 is 28.8 Å². The molecule has 1 N–H and O–H groups in total. The molecule has 2 aromatic rings. The summed E-state index contributed by atoms with van der Waals surface area (Å²) in [6.45, 7) is 0. The Hall–Kier alpha value is -2.44. The molecule has 0 bridgehead atoms. The molecule has 0 aliphatic heterocycles. The van der Waals surface area contributed by atoms with Crippen molar-refractivity contribution < 1.29 is 26.4 Å². The van der Waals surface area contributed by atoms with Crippen molar-refractivity contribution in [1.82, 2.24) is 13.9 Å². The van der Waals surface area contributed by atoms with Crippen LogP contribution in [0.2, 0.25) is 5.02 Å². The molecule has 0 aliphatic rings. The molecule has 1 aromatic carbocycles. The lowest BCUT2D eigenvalue weighted by Gasteiger charge is -2.14. The van der Waals surface area contributed by atoms with Crippen LogP contribution < -0.4 is 16.0 Å². The average Bonchev–Trinajstić information content (AvgIpc) is 2.58. The van der Waals surface area contributed by atoms with Crippen LogP contribution >= 0.6 is 11.6 Å². The number of hydrogen-bond donors (Lipinski definition) is 1. The maximum Gasteiger partial charge on any atom is 0.431 e. The zero-order valence-electron chi connectivity index (χ0n) is 13.7. The largest absolute Gasteiger partial charge is 0.431 e. The van der Waals surface area contributed by atoms with Crippen molar-refractivity contribution in [2.24, 2.45) is 7.05 Å². The van der Waals surface area contributed by atoms with Crippen LogP contribution in [-0.4, -0.2) is 26.4 Å². The summed E-state index contributed by atoms with van der Waals surface area (Å²) >= 11 is 3.72. The van der Waals surface area contributed by atoms with E-state index in [1.54, 1.807) is 0 Å². The topological polar surface area (TPSA) is 99.4 Å². The van der Waals surface area contributed by atoms with E-state index in [1.807, 2.05) is 4.72 Å². The molecule has 0 radical (unpaired) electrons. The number of rotatable bonds is 4. The Labute approximate surface area is 156 Å². The molecule has 0 aliphatic carbocycles. The van der Waals surface area contributed by atoms with Gasteiger partial charge in [0.2, 0.25) is 0 Å². The van der Waals surface area contributed by atoms with Gasteiger partial charge in [0.1, 0.15) is 5.69 Å². The molecule has 8 nitrogen and oxygen atoms in total. The lowest BCUT2D eigenvalue weighted by Crippen LogP contribution is -2.40. The highest BCUT2D eigenvalue weighted by molar-refractivity contribution is 7.78. The molecule has 146 valence electrons. The summed E-state index contributed by atoms with van der Waals surface area (Å²) in [4.78, 5) is 36.4. The number of aromatic nitrogens is 2. The monoisotopic (exact) mass is 425 g/mol. The highest BCUT2D eigenvalue weighted by Gasteiger charge is 2.35. The molecule has 1 atom stereocenters. The molecular formula is C14H11ClF3N3O5S. The van der Waals surface area contributed by atoms with Gasteiger partial charge in [-0.3, -0.25) is 18.3 Å². The summed E-state index contributed by atoms with van der Waals surface area (Å²) in [7, 11) is 1.92. The van der Waals surface area contributed by atoms with E-state index in [1.165, 1.54) is 6.07 Å². The molecule has 27 heavy (non-hydrogen) atoms. The van der Waals surface area contributed by atoms with E-state index in [0.717, 1.165) is 26.3 Å². The van der Waals surface area contributed by atoms with Gasteiger partial charge in [-0.25, -0.2) is 18.3 Å². The van der Waals surface area contributed by atoms with Crippen LogP contribution in [0.15, 0.2) is 33.9 Å². The molecule has 0 saturated carbocycles. The van der Waals surface area contributed by atoms with E-state index in [0.29, 0.717) is 4.57 Å². The second-order valence-electron chi connectivity index (χ2n) is 5.04. The Kier molecular flexibility index (Phi) is 5.92. The lowest BCUT2D eigenvalue weighted by atomic mass is 10.2. The molecule has 0 fully saturated rings.